The van der Waals surface area contributed by atoms with Crippen LogP contribution in [0.15, 0.2) is 65.1 Å². The molecule has 21 heavy (non-hydrogen) atoms. The van der Waals surface area contributed by atoms with Crippen molar-refractivity contribution in [3.8, 4) is 0 Å². The first-order valence-corrected chi connectivity index (χ1v) is 7.92. The van der Waals surface area contributed by atoms with Gasteiger partial charge in [0, 0.05) is 16.5 Å². The SMILES string of the molecule is OC(Cc1cccc2ccccc12)c1cccc(Br)c1Cl. The Labute approximate surface area is 137 Å². The van der Waals surface area contributed by atoms with E-state index in [1.165, 1.54) is 10.8 Å². The molecule has 1 nitrogen and oxygen atoms in total. The molecule has 0 heterocycles. The van der Waals surface area contributed by atoms with Crippen molar-refractivity contribution in [1.82, 2.24) is 0 Å². The van der Waals surface area contributed by atoms with Crippen LogP contribution in [0.5, 0.6) is 0 Å². The molecule has 3 heteroatoms. The molecule has 0 amide bonds. The Hall–Kier alpha value is -1.35. The molecule has 0 aliphatic heterocycles. The summed E-state index contributed by atoms with van der Waals surface area (Å²) in [6.45, 7) is 0. The van der Waals surface area contributed by atoms with Gasteiger partial charge in [0.1, 0.15) is 0 Å². The van der Waals surface area contributed by atoms with Crippen LogP contribution >= 0.6 is 27.5 Å². The van der Waals surface area contributed by atoms with Crippen LogP contribution in [-0.2, 0) is 6.42 Å². The average Bonchev–Trinajstić information content (AvgIpc) is 2.50. The molecular weight excluding hydrogens is 348 g/mol. The molecule has 0 bridgehead atoms. The minimum atomic E-state index is -0.624. The van der Waals surface area contributed by atoms with Crippen molar-refractivity contribution in [2.24, 2.45) is 0 Å². The third-order valence-corrected chi connectivity index (χ3v) is 4.94. The lowest BCUT2D eigenvalue weighted by Gasteiger charge is -2.15. The largest absolute Gasteiger partial charge is 0.388 e. The molecule has 0 aromatic heterocycles. The summed E-state index contributed by atoms with van der Waals surface area (Å²) in [5.41, 5.74) is 1.87. The first-order chi connectivity index (χ1) is 10.2. The second kappa shape index (κ2) is 6.18. The number of aliphatic hydroxyl groups is 1. The second-order valence-electron chi connectivity index (χ2n) is 5.00. The molecule has 0 saturated carbocycles. The zero-order chi connectivity index (χ0) is 14.8. The third kappa shape index (κ3) is 2.98. The van der Waals surface area contributed by atoms with Gasteiger partial charge in [-0.3, -0.25) is 0 Å². The van der Waals surface area contributed by atoms with Gasteiger partial charge in [-0.15, -0.1) is 0 Å². The molecule has 0 aliphatic carbocycles. The van der Waals surface area contributed by atoms with Gasteiger partial charge in [-0.25, -0.2) is 0 Å². The van der Waals surface area contributed by atoms with E-state index in [1.54, 1.807) is 0 Å². The zero-order valence-electron chi connectivity index (χ0n) is 11.3. The highest BCUT2D eigenvalue weighted by atomic mass is 79.9. The Bertz CT molecular complexity index is 780. The van der Waals surface area contributed by atoms with Crippen LogP contribution in [0.3, 0.4) is 0 Å². The van der Waals surface area contributed by atoms with Crippen molar-refractivity contribution < 1.29 is 5.11 Å². The normalized spacial score (nSPS) is 12.5. The predicted molar refractivity (Wildman–Crippen MR) is 91.8 cm³/mol. The average molecular weight is 362 g/mol. The van der Waals surface area contributed by atoms with Crippen LogP contribution in [0.4, 0.5) is 0 Å². The summed E-state index contributed by atoms with van der Waals surface area (Å²) in [5, 5.41) is 13.5. The van der Waals surface area contributed by atoms with Gasteiger partial charge in [0.15, 0.2) is 0 Å². The van der Waals surface area contributed by atoms with Gasteiger partial charge in [-0.1, -0.05) is 66.2 Å². The first kappa shape index (κ1) is 14.6. The van der Waals surface area contributed by atoms with E-state index >= 15 is 0 Å². The molecule has 3 aromatic carbocycles. The summed E-state index contributed by atoms with van der Waals surface area (Å²) in [5.74, 6) is 0. The number of halogens is 2. The summed E-state index contributed by atoms with van der Waals surface area (Å²) >= 11 is 9.66. The van der Waals surface area contributed by atoms with Crippen molar-refractivity contribution in [1.29, 1.82) is 0 Å². The smallest absolute Gasteiger partial charge is 0.0845 e. The number of aliphatic hydroxyl groups excluding tert-OH is 1. The van der Waals surface area contributed by atoms with Crippen molar-refractivity contribution in [3.05, 3.63) is 81.3 Å². The van der Waals surface area contributed by atoms with Gasteiger partial charge in [-0.2, -0.15) is 0 Å². The maximum absolute atomic E-state index is 10.5. The summed E-state index contributed by atoms with van der Waals surface area (Å²) in [7, 11) is 0. The molecule has 106 valence electrons. The fourth-order valence-electron chi connectivity index (χ4n) is 2.57. The highest BCUT2D eigenvalue weighted by Gasteiger charge is 2.15. The van der Waals surface area contributed by atoms with E-state index in [-0.39, 0.29) is 0 Å². The van der Waals surface area contributed by atoms with E-state index in [2.05, 4.69) is 40.2 Å². The van der Waals surface area contributed by atoms with Gasteiger partial charge in [0.05, 0.1) is 11.1 Å². The van der Waals surface area contributed by atoms with Crippen molar-refractivity contribution >= 4 is 38.3 Å². The van der Waals surface area contributed by atoms with E-state index < -0.39 is 6.10 Å². The fraction of sp³-hybridized carbons (Fsp3) is 0.111. The quantitative estimate of drug-likeness (QED) is 0.650. The molecule has 3 rings (SSSR count). The lowest BCUT2D eigenvalue weighted by Crippen LogP contribution is -2.03. The monoisotopic (exact) mass is 360 g/mol. The molecule has 1 atom stereocenters. The third-order valence-electron chi connectivity index (χ3n) is 3.63. The van der Waals surface area contributed by atoms with Crippen LogP contribution in [-0.4, -0.2) is 5.11 Å². The van der Waals surface area contributed by atoms with Crippen molar-refractivity contribution in [2.75, 3.05) is 0 Å². The predicted octanol–water partition coefficient (Wildman–Crippen LogP) is 5.53. The van der Waals surface area contributed by atoms with Crippen LogP contribution in [0.1, 0.15) is 17.2 Å². The molecular formula is C18H14BrClO. The number of rotatable bonds is 3. The molecule has 0 spiro atoms. The van der Waals surface area contributed by atoms with Gasteiger partial charge in [0.25, 0.3) is 0 Å². The Morgan fingerprint density at radius 2 is 1.67 bits per heavy atom. The molecule has 1 unspecified atom stereocenters. The van der Waals surface area contributed by atoms with Crippen molar-refractivity contribution in [2.45, 2.75) is 12.5 Å². The van der Waals surface area contributed by atoms with E-state index in [9.17, 15) is 5.11 Å². The standard InChI is InChI=1S/C18H14BrClO/c19-16-10-4-9-15(18(16)20)17(21)11-13-7-3-6-12-5-1-2-8-14(12)13/h1-10,17,21H,11H2. The van der Waals surface area contributed by atoms with Crippen LogP contribution in [0, 0.1) is 0 Å². The Balaban J connectivity index is 1.97. The highest BCUT2D eigenvalue weighted by Crippen LogP contribution is 2.32. The van der Waals surface area contributed by atoms with Crippen LogP contribution in [0.2, 0.25) is 5.02 Å². The van der Waals surface area contributed by atoms with E-state index in [1.807, 2.05) is 36.4 Å². The molecule has 0 fully saturated rings. The van der Waals surface area contributed by atoms with Gasteiger partial charge < -0.3 is 5.11 Å². The number of benzene rings is 3. The highest BCUT2D eigenvalue weighted by molar-refractivity contribution is 9.10. The lowest BCUT2D eigenvalue weighted by atomic mass is 9.97. The number of fused-ring (bicyclic) bond motifs is 1. The number of hydrogen-bond acceptors (Lipinski definition) is 1. The van der Waals surface area contributed by atoms with E-state index in [4.69, 9.17) is 11.6 Å². The van der Waals surface area contributed by atoms with E-state index in [0.29, 0.717) is 11.4 Å². The summed E-state index contributed by atoms with van der Waals surface area (Å²) in [4.78, 5) is 0. The Morgan fingerprint density at radius 3 is 2.52 bits per heavy atom. The maximum Gasteiger partial charge on any atom is 0.0845 e. The first-order valence-electron chi connectivity index (χ1n) is 6.75. The molecule has 0 saturated heterocycles. The second-order valence-corrected chi connectivity index (χ2v) is 6.23. The molecule has 3 aromatic rings. The minimum Gasteiger partial charge on any atom is -0.388 e. The minimum absolute atomic E-state index is 0.539. The Kier molecular flexibility index (Phi) is 4.29. The molecule has 1 N–H and O–H groups in total. The van der Waals surface area contributed by atoms with Gasteiger partial charge in [-0.05, 0) is 38.3 Å². The Morgan fingerprint density at radius 1 is 0.952 bits per heavy atom. The zero-order valence-corrected chi connectivity index (χ0v) is 13.6. The van der Waals surface area contributed by atoms with Gasteiger partial charge >= 0.3 is 0 Å². The molecule has 0 radical (unpaired) electrons. The van der Waals surface area contributed by atoms with Crippen LogP contribution < -0.4 is 0 Å². The van der Waals surface area contributed by atoms with Crippen molar-refractivity contribution in [3.63, 3.8) is 0 Å². The van der Waals surface area contributed by atoms with Crippen LogP contribution in [0.25, 0.3) is 10.8 Å². The topological polar surface area (TPSA) is 20.2 Å². The summed E-state index contributed by atoms with van der Waals surface area (Å²) in [6.07, 6.45) is -0.0850. The summed E-state index contributed by atoms with van der Waals surface area (Å²) < 4.78 is 0.804. The fourth-order valence-corrected chi connectivity index (χ4v) is 3.20. The number of hydrogen-bond donors (Lipinski definition) is 1. The summed E-state index contributed by atoms with van der Waals surface area (Å²) in [6, 6.07) is 20.0. The maximum atomic E-state index is 10.5. The molecule has 0 aliphatic rings. The lowest BCUT2D eigenvalue weighted by molar-refractivity contribution is 0.179. The van der Waals surface area contributed by atoms with Gasteiger partial charge in [0.2, 0.25) is 0 Å². The van der Waals surface area contributed by atoms with E-state index in [0.717, 1.165) is 15.6 Å².